The number of carboxylic acid groups (broad SMARTS) is 1. The van der Waals surface area contributed by atoms with Crippen molar-refractivity contribution >= 4 is 74.5 Å². The van der Waals surface area contributed by atoms with Crippen molar-refractivity contribution in [3.63, 3.8) is 0 Å². The Bertz CT molecular complexity index is 1420. The van der Waals surface area contributed by atoms with Crippen LogP contribution < -0.4 is 20.7 Å². The molecule has 5 heterocycles. The molecular formula is C19H18BrN9O5S2. The molecule has 2 aliphatic heterocycles. The third-order valence-corrected chi connectivity index (χ3v) is 7.26. The largest absolute Gasteiger partial charge is 0.543 e. The van der Waals surface area contributed by atoms with Crippen LogP contribution >= 0.6 is 40.3 Å². The predicted molar refractivity (Wildman–Crippen MR) is 131 cm³/mol. The number of hydrogen-bond acceptors (Lipinski definition) is 12. The molecule has 17 heteroatoms. The fourth-order valence-electron chi connectivity index (χ4n) is 3.89. The van der Waals surface area contributed by atoms with Crippen LogP contribution in [0, 0.1) is 0 Å². The number of aliphatic carboxylic acids is 1. The van der Waals surface area contributed by atoms with Gasteiger partial charge >= 0.3 is 5.65 Å². The van der Waals surface area contributed by atoms with Gasteiger partial charge in [0.2, 0.25) is 11.5 Å². The molecule has 0 aliphatic carbocycles. The molecule has 3 aromatic rings. The van der Waals surface area contributed by atoms with E-state index in [0.29, 0.717) is 11.3 Å². The number of oxime groups is 1. The van der Waals surface area contributed by atoms with E-state index in [9.17, 15) is 19.5 Å². The van der Waals surface area contributed by atoms with Gasteiger partial charge in [0, 0.05) is 28.9 Å². The minimum Gasteiger partial charge on any atom is -0.543 e. The Morgan fingerprint density at radius 2 is 2.25 bits per heavy atom. The maximum Gasteiger partial charge on any atom is 0.307 e. The van der Waals surface area contributed by atoms with Crippen molar-refractivity contribution in [2.75, 3.05) is 18.6 Å². The summed E-state index contributed by atoms with van der Waals surface area (Å²) in [6.45, 7) is 0.230. The van der Waals surface area contributed by atoms with Crippen LogP contribution in [0.2, 0.25) is 0 Å². The molecule has 0 unspecified atom stereocenters. The van der Waals surface area contributed by atoms with Crippen molar-refractivity contribution in [1.29, 1.82) is 0 Å². The minimum atomic E-state index is -1.46. The van der Waals surface area contributed by atoms with Gasteiger partial charge in [-0.1, -0.05) is 10.3 Å². The van der Waals surface area contributed by atoms with Gasteiger partial charge in [0.25, 0.3) is 11.8 Å². The number of nitrogen functional groups attached to an aromatic ring is 1. The maximum atomic E-state index is 13.0. The lowest BCUT2D eigenvalue weighted by molar-refractivity contribution is -0.662. The molecule has 0 bridgehead atoms. The SMILES string of the molecule is Br.CO/N=C(\C(=O)N[C@@H]1C(=O)N2C(C(=O)[O-])=C(C[n+]3ccn4ncccc43)CS[C@H]12)c1nsc(N)n1. The number of carbonyl (C=O) groups excluding carboxylic acids is 3. The molecule has 36 heavy (non-hydrogen) atoms. The van der Waals surface area contributed by atoms with Crippen LogP contribution in [-0.4, -0.2) is 71.6 Å². The Labute approximate surface area is 221 Å². The van der Waals surface area contributed by atoms with Crippen molar-refractivity contribution in [2.45, 2.75) is 18.0 Å². The Hall–Kier alpha value is -3.57. The first-order chi connectivity index (χ1) is 16.9. The number of carbonyl (C=O) groups is 3. The first-order valence-corrected chi connectivity index (χ1v) is 11.9. The minimum absolute atomic E-state index is 0. The molecule has 1 saturated heterocycles. The van der Waals surface area contributed by atoms with Crippen molar-refractivity contribution in [3.8, 4) is 0 Å². The smallest absolute Gasteiger partial charge is 0.307 e. The molecular weight excluding hydrogens is 578 g/mol. The number of anilines is 1. The van der Waals surface area contributed by atoms with Gasteiger partial charge in [0.05, 0.1) is 17.9 Å². The number of hydrogen-bond donors (Lipinski definition) is 2. The molecule has 2 aliphatic rings. The molecule has 0 aromatic carbocycles. The van der Waals surface area contributed by atoms with Gasteiger partial charge in [-0.3, -0.25) is 14.5 Å². The van der Waals surface area contributed by atoms with E-state index in [1.807, 2.05) is 10.6 Å². The summed E-state index contributed by atoms with van der Waals surface area (Å²) in [5.41, 5.74) is 6.39. The molecule has 0 radical (unpaired) electrons. The highest BCUT2D eigenvalue weighted by molar-refractivity contribution is 8.93. The van der Waals surface area contributed by atoms with Crippen LogP contribution in [0.25, 0.3) is 5.65 Å². The van der Waals surface area contributed by atoms with E-state index in [0.717, 1.165) is 22.1 Å². The van der Waals surface area contributed by atoms with Crippen molar-refractivity contribution in [3.05, 3.63) is 47.8 Å². The lowest BCUT2D eigenvalue weighted by atomic mass is 10.0. The zero-order valence-corrected chi connectivity index (χ0v) is 21.8. The quantitative estimate of drug-likeness (QED) is 0.135. The number of nitrogens with one attached hydrogen (secondary N) is 1. The van der Waals surface area contributed by atoms with E-state index in [1.54, 1.807) is 29.2 Å². The van der Waals surface area contributed by atoms with Gasteiger partial charge in [-0.15, -0.1) is 33.3 Å². The molecule has 3 aromatic heterocycles. The van der Waals surface area contributed by atoms with Crippen LogP contribution in [0.4, 0.5) is 5.13 Å². The first kappa shape index (κ1) is 25.5. The summed E-state index contributed by atoms with van der Waals surface area (Å²) in [7, 11) is 1.25. The number of imidazole rings is 1. The molecule has 14 nitrogen and oxygen atoms in total. The Morgan fingerprint density at radius 1 is 1.44 bits per heavy atom. The number of amides is 2. The number of halogens is 1. The van der Waals surface area contributed by atoms with E-state index in [4.69, 9.17) is 10.6 Å². The van der Waals surface area contributed by atoms with E-state index in [-0.39, 0.29) is 45.9 Å². The van der Waals surface area contributed by atoms with Crippen LogP contribution in [-0.2, 0) is 25.8 Å². The number of nitrogens with zero attached hydrogens (tertiary/aromatic N) is 7. The van der Waals surface area contributed by atoms with Gasteiger partial charge < -0.3 is 25.8 Å². The fourth-order valence-corrected chi connectivity index (χ4v) is 5.66. The summed E-state index contributed by atoms with van der Waals surface area (Å²) < 4.78 is 7.43. The summed E-state index contributed by atoms with van der Waals surface area (Å²) in [5.74, 6) is -2.53. The fraction of sp³-hybridized carbons (Fsp3) is 0.263. The Morgan fingerprint density at radius 3 is 2.94 bits per heavy atom. The second-order valence-electron chi connectivity index (χ2n) is 7.43. The Kier molecular flexibility index (Phi) is 7.23. The zero-order chi connectivity index (χ0) is 24.7. The summed E-state index contributed by atoms with van der Waals surface area (Å²) in [6, 6.07) is 2.64. The van der Waals surface area contributed by atoms with Crippen LogP contribution in [0.15, 0.2) is 47.1 Å². The van der Waals surface area contributed by atoms with Gasteiger partial charge in [0.1, 0.15) is 31.3 Å². The molecule has 188 valence electrons. The summed E-state index contributed by atoms with van der Waals surface area (Å²) in [5, 5.41) is 22.0. The molecule has 0 saturated carbocycles. The summed E-state index contributed by atoms with van der Waals surface area (Å²) in [6.07, 6.45) is 5.16. The van der Waals surface area contributed by atoms with Gasteiger partial charge in [-0.25, -0.2) is 4.57 Å². The number of thioether (sulfide) groups is 1. The number of β-lactam (4-membered cyclic amide) rings is 1. The van der Waals surface area contributed by atoms with Crippen molar-refractivity contribution in [2.24, 2.45) is 5.16 Å². The van der Waals surface area contributed by atoms with Gasteiger partial charge in [-0.05, 0) is 6.07 Å². The standard InChI is InChI=1S/C19H17N9O5S2.BrH/c1-33-24-11(14-23-19(20)35-25-14)15(29)22-12-16(30)28-13(18(31)32)9(8-34-17(12)28)7-26-5-6-27-10(26)3-2-4-21-27;/h2-6,12,17H,7-8H2,1H3,(H3-,20,22,23,25,29,31,32);1H/b24-11-;/t12-,17-;/m1./s1. The van der Waals surface area contributed by atoms with E-state index >= 15 is 0 Å². The van der Waals surface area contributed by atoms with E-state index < -0.39 is 29.2 Å². The van der Waals surface area contributed by atoms with E-state index in [2.05, 4.69) is 24.9 Å². The lowest BCUT2D eigenvalue weighted by Gasteiger charge is -2.50. The lowest BCUT2D eigenvalue weighted by Crippen LogP contribution is -2.71. The Balaban J connectivity index is 0.00000304. The number of nitrogens with two attached hydrogens (primary N) is 1. The number of carboxylic acids is 1. The average Bonchev–Trinajstić information content (AvgIpc) is 3.46. The normalized spacial score (nSPS) is 19.4. The molecule has 2 atom stereocenters. The molecule has 5 rings (SSSR count). The van der Waals surface area contributed by atoms with Crippen molar-refractivity contribution < 1.29 is 28.9 Å². The highest BCUT2D eigenvalue weighted by atomic mass is 79.9. The van der Waals surface area contributed by atoms with Crippen LogP contribution in [0.5, 0.6) is 0 Å². The molecule has 2 amide bonds. The van der Waals surface area contributed by atoms with Gasteiger partial charge in [0.15, 0.2) is 11.3 Å². The van der Waals surface area contributed by atoms with E-state index in [1.165, 1.54) is 18.9 Å². The first-order valence-electron chi connectivity index (χ1n) is 10.1. The summed E-state index contributed by atoms with van der Waals surface area (Å²) in [4.78, 5) is 47.6. The molecule has 3 N–H and O–H groups in total. The van der Waals surface area contributed by atoms with Crippen LogP contribution in [0.1, 0.15) is 5.82 Å². The molecule has 1 fully saturated rings. The van der Waals surface area contributed by atoms with Crippen LogP contribution in [0.3, 0.4) is 0 Å². The molecule has 0 spiro atoms. The number of rotatable bonds is 7. The highest BCUT2D eigenvalue weighted by Gasteiger charge is 2.53. The highest BCUT2D eigenvalue weighted by Crippen LogP contribution is 2.40. The summed E-state index contributed by atoms with van der Waals surface area (Å²) >= 11 is 2.21. The second-order valence-corrected chi connectivity index (χ2v) is 9.32. The zero-order valence-electron chi connectivity index (χ0n) is 18.4. The third-order valence-electron chi connectivity index (χ3n) is 5.38. The van der Waals surface area contributed by atoms with Gasteiger partial charge in [-0.2, -0.15) is 9.36 Å². The monoisotopic (exact) mass is 595 g/mol. The third kappa shape index (κ3) is 4.40. The maximum absolute atomic E-state index is 13.0. The van der Waals surface area contributed by atoms with Crippen molar-refractivity contribution in [1.82, 2.24) is 29.2 Å². The second kappa shape index (κ2) is 10.2. The average molecular weight is 596 g/mol. The topological polar surface area (TPSA) is 184 Å². The number of aromatic nitrogens is 5. The predicted octanol–water partition coefficient (Wildman–Crippen LogP) is -1.91. The number of fused-ring (bicyclic) bond motifs is 2.